The molecule has 2 aromatic rings. The fraction of sp³-hybridized carbons (Fsp3) is 0.182. The summed E-state index contributed by atoms with van der Waals surface area (Å²) < 4.78 is 41.7. The molecule has 0 saturated carbocycles. The SMILES string of the molecule is Cc1c(S(=O)(=O)Nc2cccc(Cl)c2F)c(N)nn1C. The number of halogens is 2. The largest absolute Gasteiger partial charge is 0.381 e. The summed E-state index contributed by atoms with van der Waals surface area (Å²) in [5.41, 5.74) is 5.67. The van der Waals surface area contributed by atoms with E-state index in [1.165, 1.54) is 22.9 Å². The first kappa shape index (κ1) is 14.6. The summed E-state index contributed by atoms with van der Waals surface area (Å²) in [6, 6.07) is 4.02. The second kappa shape index (κ2) is 4.95. The van der Waals surface area contributed by atoms with Gasteiger partial charge in [0, 0.05) is 7.05 Å². The standard InChI is InChI=1S/C11H12ClFN4O2S/c1-6-10(11(14)15-17(6)2)20(18,19)16-8-5-3-4-7(12)9(8)13/h3-5,16H,1-2H3,(H2,14,15). The quantitative estimate of drug-likeness (QED) is 0.904. The number of hydrogen-bond acceptors (Lipinski definition) is 4. The van der Waals surface area contributed by atoms with Gasteiger partial charge in [0.1, 0.15) is 0 Å². The van der Waals surface area contributed by atoms with Crippen molar-refractivity contribution >= 4 is 33.1 Å². The van der Waals surface area contributed by atoms with Crippen molar-refractivity contribution in [3.05, 3.63) is 34.7 Å². The number of hydrogen-bond donors (Lipinski definition) is 2. The molecule has 3 N–H and O–H groups in total. The number of nitrogens with one attached hydrogen (secondary N) is 1. The van der Waals surface area contributed by atoms with Gasteiger partial charge in [-0.1, -0.05) is 17.7 Å². The van der Waals surface area contributed by atoms with Crippen molar-refractivity contribution < 1.29 is 12.8 Å². The highest BCUT2D eigenvalue weighted by Gasteiger charge is 2.25. The van der Waals surface area contributed by atoms with Crippen LogP contribution in [0.4, 0.5) is 15.9 Å². The zero-order valence-electron chi connectivity index (χ0n) is 10.7. The number of aryl methyl sites for hydroxylation is 1. The average Bonchev–Trinajstić information content (AvgIpc) is 2.59. The minimum atomic E-state index is -4.05. The van der Waals surface area contributed by atoms with Gasteiger partial charge in [-0.05, 0) is 19.1 Å². The molecular formula is C11H12ClFN4O2S. The van der Waals surface area contributed by atoms with E-state index >= 15 is 0 Å². The van der Waals surface area contributed by atoms with E-state index in [9.17, 15) is 12.8 Å². The predicted octanol–water partition coefficient (Wildman–Crippen LogP) is 1.90. The van der Waals surface area contributed by atoms with Crippen LogP contribution in [0.5, 0.6) is 0 Å². The van der Waals surface area contributed by atoms with Gasteiger partial charge in [0.15, 0.2) is 16.5 Å². The number of nitrogen functional groups attached to an aromatic ring is 1. The van der Waals surface area contributed by atoms with Crippen LogP contribution in [0.15, 0.2) is 23.1 Å². The maximum Gasteiger partial charge on any atom is 0.267 e. The van der Waals surface area contributed by atoms with Crippen molar-refractivity contribution in [2.75, 3.05) is 10.5 Å². The second-order valence-electron chi connectivity index (χ2n) is 4.13. The molecule has 0 amide bonds. The topological polar surface area (TPSA) is 90.0 Å². The summed E-state index contributed by atoms with van der Waals surface area (Å²) in [7, 11) is -2.49. The third-order valence-electron chi connectivity index (χ3n) is 2.77. The van der Waals surface area contributed by atoms with Crippen LogP contribution in [0.25, 0.3) is 0 Å². The Morgan fingerprint density at radius 3 is 2.65 bits per heavy atom. The molecule has 9 heteroatoms. The zero-order chi connectivity index (χ0) is 15.1. The lowest BCUT2D eigenvalue weighted by atomic mass is 10.3. The van der Waals surface area contributed by atoms with Gasteiger partial charge < -0.3 is 5.73 Å². The number of sulfonamides is 1. The van der Waals surface area contributed by atoms with Crippen molar-refractivity contribution in [3.63, 3.8) is 0 Å². The van der Waals surface area contributed by atoms with Crippen LogP contribution in [-0.2, 0) is 17.1 Å². The van der Waals surface area contributed by atoms with E-state index in [0.717, 1.165) is 0 Å². The van der Waals surface area contributed by atoms with E-state index in [-0.39, 0.29) is 21.4 Å². The first-order valence-electron chi connectivity index (χ1n) is 5.50. The fourth-order valence-electron chi connectivity index (χ4n) is 1.72. The van der Waals surface area contributed by atoms with E-state index in [1.807, 2.05) is 0 Å². The molecule has 0 saturated heterocycles. The molecule has 0 fully saturated rings. The average molecular weight is 319 g/mol. The third-order valence-corrected chi connectivity index (χ3v) is 4.59. The molecule has 0 atom stereocenters. The maximum atomic E-state index is 13.7. The van der Waals surface area contributed by atoms with Crippen LogP contribution in [0.3, 0.4) is 0 Å². The molecule has 0 spiro atoms. The Morgan fingerprint density at radius 2 is 2.10 bits per heavy atom. The van der Waals surface area contributed by atoms with Crippen molar-refractivity contribution in [2.45, 2.75) is 11.8 Å². The number of benzene rings is 1. The number of rotatable bonds is 3. The van der Waals surface area contributed by atoms with E-state index < -0.39 is 15.8 Å². The Hall–Kier alpha value is -1.80. The molecule has 1 heterocycles. The molecule has 0 aliphatic carbocycles. The molecule has 0 unspecified atom stereocenters. The molecular weight excluding hydrogens is 307 g/mol. The summed E-state index contributed by atoms with van der Waals surface area (Å²) >= 11 is 5.60. The van der Waals surface area contributed by atoms with Gasteiger partial charge in [0.25, 0.3) is 10.0 Å². The number of anilines is 2. The van der Waals surface area contributed by atoms with E-state index in [0.29, 0.717) is 5.69 Å². The molecule has 0 aliphatic heterocycles. The molecule has 108 valence electrons. The third kappa shape index (κ3) is 2.44. The minimum Gasteiger partial charge on any atom is -0.381 e. The molecule has 2 rings (SSSR count). The zero-order valence-corrected chi connectivity index (χ0v) is 12.3. The van der Waals surface area contributed by atoms with Crippen molar-refractivity contribution in [3.8, 4) is 0 Å². The highest BCUT2D eigenvalue weighted by molar-refractivity contribution is 7.93. The first-order chi connectivity index (χ1) is 9.24. The Labute approximate surface area is 120 Å². The van der Waals surface area contributed by atoms with E-state index in [4.69, 9.17) is 17.3 Å². The Balaban J connectivity index is 2.49. The Kier molecular flexibility index (Phi) is 3.61. The van der Waals surface area contributed by atoms with Crippen LogP contribution in [0, 0.1) is 12.7 Å². The molecule has 1 aromatic heterocycles. The number of nitrogens with zero attached hydrogens (tertiary/aromatic N) is 2. The van der Waals surface area contributed by atoms with Gasteiger partial charge in [-0.25, -0.2) is 12.8 Å². The Morgan fingerprint density at radius 1 is 1.45 bits per heavy atom. The number of nitrogens with two attached hydrogens (primary N) is 1. The molecule has 0 bridgehead atoms. The maximum absolute atomic E-state index is 13.7. The highest BCUT2D eigenvalue weighted by atomic mass is 35.5. The van der Waals surface area contributed by atoms with Crippen LogP contribution < -0.4 is 10.5 Å². The summed E-state index contributed by atoms with van der Waals surface area (Å²) in [4.78, 5) is -0.181. The Bertz CT molecular complexity index is 773. The summed E-state index contributed by atoms with van der Waals surface area (Å²) in [6.45, 7) is 1.55. The normalized spacial score (nSPS) is 11.6. The van der Waals surface area contributed by atoms with Crippen molar-refractivity contribution in [1.82, 2.24) is 9.78 Å². The fourth-order valence-corrected chi connectivity index (χ4v) is 3.29. The van der Waals surface area contributed by atoms with Gasteiger partial charge in [-0.2, -0.15) is 5.10 Å². The van der Waals surface area contributed by atoms with E-state index in [2.05, 4.69) is 9.82 Å². The lowest BCUT2D eigenvalue weighted by Crippen LogP contribution is -2.16. The molecule has 1 aromatic carbocycles. The van der Waals surface area contributed by atoms with Gasteiger partial charge in [0.2, 0.25) is 0 Å². The highest BCUT2D eigenvalue weighted by Crippen LogP contribution is 2.27. The lowest BCUT2D eigenvalue weighted by Gasteiger charge is -2.09. The van der Waals surface area contributed by atoms with Crippen LogP contribution in [0.2, 0.25) is 5.02 Å². The van der Waals surface area contributed by atoms with Crippen molar-refractivity contribution in [1.29, 1.82) is 0 Å². The van der Waals surface area contributed by atoms with Crippen LogP contribution in [-0.4, -0.2) is 18.2 Å². The molecule has 6 nitrogen and oxygen atoms in total. The smallest absolute Gasteiger partial charge is 0.267 e. The first-order valence-corrected chi connectivity index (χ1v) is 7.36. The summed E-state index contributed by atoms with van der Waals surface area (Å²) in [5.74, 6) is -1.00. The molecule has 0 aliphatic rings. The van der Waals surface area contributed by atoms with Crippen LogP contribution in [0.1, 0.15) is 5.69 Å². The monoisotopic (exact) mass is 318 g/mol. The summed E-state index contributed by atoms with van der Waals surface area (Å²) in [6.07, 6.45) is 0. The van der Waals surface area contributed by atoms with Gasteiger partial charge in [-0.15, -0.1) is 0 Å². The predicted molar refractivity (Wildman–Crippen MR) is 74.6 cm³/mol. The van der Waals surface area contributed by atoms with E-state index in [1.54, 1.807) is 14.0 Å². The minimum absolute atomic E-state index is 0.153. The van der Waals surface area contributed by atoms with Gasteiger partial charge in [0.05, 0.1) is 16.4 Å². The second-order valence-corrected chi connectivity index (χ2v) is 6.16. The van der Waals surface area contributed by atoms with Gasteiger partial charge in [-0.3, -0.25) is 9.40 Å². The van der Waals surface area contributed by atoms with Gasteiger partial charge >= 0.3 is 0 Å². The number of aromatic nitrogens is 2. The van der Waals surface area contributed by atoms with Crippen LogP contribution >= 0.6 is 11.6 Å². The summed E-state index contributed by atoms with van der Waals surface area (Å²) in [5, 5.41) is 3.63. The molecule has 20 heavy (non-hydrogen) atoms. The molecule has 0 radical (unpaired) electrons. The van der Waals surface area contributed by atoms with Crippen molar-refractivity contribution in [2.24, 2.45) is 7.05 Å². The lowest BCUT2D eigenvalue weighted by molar-refractivity contribution is 0.598.